The molecule has 0 aliphatic rings. The van der Waals surface area contributed by atoms with Crippen LogP contribution in [0.5, 0.6) is 0 Å². The van der Waals surface area contributed by atoms with Gasteiger partial charge in [0.15, 0.2) is 0 Å². The second-order valence-electron chi connectivity index (χ2n) is 5.55. The summed E-state index contributed by atoms with van der Waals surface area (Å²) in [4.78, 5) is 12.3. The maximum Gasteiger partial charge on any atom is 0.231 e. The molecule has 3 nitrogen and oxygen atoms in total. The summed E-state index contributed by atoms with van der Waals surface area (Å²) < 4.78 is 13.5. The molecule has 0 heterocycles. The van der Waals surface area contributed by atoms with Crippen molar-refractivity contribution in [2.75, 3.05) is 5.32 Å². The van der Waals surface area contributed by atoms with Crippen LogP contribution in [-0.2, 0) is 4.79 Å². The number of hydrogen-bond acceptors (Lipinski definition) is 2. The third-order valence-corrected chi connectivity index (χ3v) is 4.35. The molecule has 1 amide bonds. The molecule has 1 rings (SSSR count). The zero-order chi connectivity index (χ0) is 15.0. The summed E-state index contributed by atoms with van der Waals surface area (Å²) in [5.74, 6) is -0.762. The average molecular weight is 352 g/mol. The standard InChI is InChI=1S/C13H17BrClFN2O/c1-12(2,13(3,4)17)11(19)18-10-8(14)5-7(16)6-9(10)15/h5-6H,17H2,1-4H3,(H,18,19). The fraction of sp³-hybridized carbons (Fsp3) is 0.462. The Morgan fingerprint density at radius 1 is 1.37 bits per heavy atom. The van der Waals surface area contributed by atoms with Crippen molar-refractivity contribution in [2.45, 2.75) is 33.2 Å². The van der Waals surface area contributed by atoms with Gasteiger partial charge in [0.05, 0.1) is 16.1 Å². The van der Waals surface area contributed by atoms with Gasteiger partial charge in [-0.05, 0) is 55.8 Å². The van der Waals surface area contributed by atoms with E-state index < -0.39 is 16.8 Å². The molecule has 0 saturated heterocycles. The maximum atomic E-state index is 13.1. The Hall–Kier alpha value is -0.650. The van der Waals surface area contributed by atoms with E-state index in [9.17, 15) is 9.18 Å². The SMILES string of the molecule is CC(C)(N)C(C)(C)C(=O)Nc1c(Cl)cc(F)cc1Br. The molecule has 3 N–H and O–H groups in total. The molecule has 19 heavy (non-hydrogen) atoms. The lowest BCUT2D eigenvalue weighted by Gasteiger charge is -2.37. The van der Waals surface area contributed by atoms with E-state index in [4.69, 9.17) is 17.3 Å². The van der Waals surface area contributed by atoms with Crippen LogP contribution in [-0.4, -0.2) is 11.4 Å². The van der Waals surface area contributed by atoms with Crippen LogP contribution in [0, 0.1) is 11.2 Å². The highest BCUT2D eigenvalue weighted by Gasteiger charge is 2.40. The van der Waals surface area contributed by atoms with Gasteiger partial charge < -0.3 is 11.1 Å². The van der Waals surface area contributed by atoms with Crippen molar-refractivity contribution in [2.24, 2.45) is 11.1 Å². The number of rotatable bonds is 3. The van der Waals surface area contributed by atoms with Crippen molar-refractivity contribution >= 4 is 39.1 Å². The van der Waals surface area contributed by atoms with Gasteiger partial charge in [0, 0.05) is 10.0 Å². The van der Waals surface area contributed by atoms with E-state index in [1.54, 1.807) is 27.7 Å². The number of amides is 1. The lowest BCUT2D eigenvalue weighted by Crippen LogP contribution is -2.53. The second kappa shape index (κ2) is 5.38. The van der Waals surface area contributed by atoms with E-state index in [-0.39, 0.29) is 10.9 Å². The van der Waals surface area contributed by atoms with Crippen LogP contribution in [0.3, 0.4) is 0 Å². The molecule has 0 saturated carbocycles. The molecule has 1 aromatic carbocycles. The zero-order valence-corrected chi connectivity index (χ0v) is 13.6. The van der Waals surface area contributed by atoms with Gasteiger partial charge in [-0.15, -0.1) is 0 Å². The predicted molar refractivity (Wildman–Crippen MR) is 79.8 cm³/mol. The van der Waals surface area contributed by atoms with Crippen LogP contribution in [0.25, 0.3) is 0 Å². The summed E-state index contributed by atoms with van der Waals surface area (Å²) in [6.07, 6.45) is 0. The highest BCUT2D eigenvalue weighted by molar-refractivity contribution is 9.10. The largest absolute Gasteiger partial charge is 0.325 e. The van der Waals surface area contributed by atoms with Crippen LogP contribution < -0.4 is 11.1 Å². The molecule has 0 unspecified atom stereocenters. The van der Waals surface area contributed by atoms with Gasteiger partial charge in [-0.2, -0.15) is 0 Å². The fourth-order valence-corrected chi connectivity index (χ4v) is 2.12. The first kappa shape index (κ1) is 16.4. The molecular formula is C13H17BrClFN2O. The van der Waals surface area contributed by atoms with E-state index in [0.717, 1.165) is 6.07 Å². The molecular weight excluding hydrogens is 335 g/mol. The van der Waals surface area contributed by atoms with Crippen LogP contribution in [0.2, 0.25) is 5.02 Å². The molecule has 0 bridgehead atoms. The molecule has 0 spiro atoms. The lowest BCUT2D eigenvalue weighted by atomic mass is 9.74. The number of nitrogens with two attached hydrogens (primary N) is 1. The van der Waals surface area contributed by atoms with Crippen molar-refractivity contribution in [1.29, 1.82) is 0 Å². The number of nitrogens with one attached hydrogen (secondary N) is 1. The summed E-state index contributed by atoms with van der Waals surface area (Å²) in [6.45, 7) is 7.03. The first-order chi connectivity index (χ1) is 8.46. The quantitative estimate of drug-likeness (QED) is 0.866. The number of carbonyl (C=O) groups excluding carboxylic acids is 1. The Morgan fingerprint density at radius 2 is 1.89 bits per heavy atom. The van der Waals surface area contributed by atoms with E-state index >= 15 is 0 Å². The maximum absolute atomic E-state index is 13.1. The molecule has 0 fully saturated rings. The van der Waals surface area contributed by atoms with Gasteiger partial charge in [-0.3, -0.25) is 4.79 Å². The summed E-state index contributed by atoms with van der Waals surface area (Å²) in [5, 5.41) is 2.82. The molecule has 0 aliphatic carbocycles. The van der Waals surface area contributed by atoms with Crippen LogP contribution in [0.1, 0.15) is 27.7 Å². The first-order valence-electron chi connectivity index (χ1n) is 5.71. The number of halogens is 3. The Balaban J connectivity index is 3.08. The second-order valence-corrected chi connectivity index (χ2v) is 6.81. The molecule has 0 aromatic heterocycles. The van der Waals surface area contributed by atoms with Crippen molar-refractivity contribution in [3.63, 3.8) is 0 Å². The summed E-state index contributed by atoms with van der Waals surface area (Å²) >= 11 is 9.10. The van der Waals surface area contributed by atoms with Gasteiger partial charge in [0.2, 0.25) is 5.91 Å². The van der Waals surface area contributed by atoms with Crippen LogP contribution in [0.15, 0.2) is 16.6 Å². The predicted octanol–water partition coefficient (Wildman–Crippen LogP) is 3.94. The van der Waals surface area contributed by atoms with Crippen molar-refractivity contribution in [3.8, 4) is 0 Å². The number of benzene rings is 1. The third kappa shape index (κ3) is 3.46. The number of anilines is 1. The monoisotopic (exact) mass is 350 g/mol. The van der Waals surface area contributed by atoms with Crippen LogP contribution >= 0.6 is 27.5 Å². The normalized spacial score (nSPS) is 12.4. The molecule has 0 aliphatic heterocycles. The lowest BCUT2D eigenvalue weighted by molar-refractivity contribution is -0.126. The van der Waals surface area contributed by atoms with Crippen molar-refractivity contribution in [1.82, 2.24) is 0 Å². The highest BCUT2D eigenvalue weighted by Crippen LogP contribution is 2.35. The first-order valence-corrected chi connectivity index (χ1v) is 6.89. The van der Waals surface area contributed by atoms with Gasteiger partial charge >= 0.3 is 0 Å². The summed E-state index contributed by atoms with van der Waals surface area (Å²) in [6, 6.07) is 2.38. The fourth-order valence-electron chi connectivity index (χ4n) is 1.22. The topological polar surface area (TPSA) is 55.1 Å². The number of hydrogen-bond donors (Lipinski definition) is 2. The number of carbonyl (C=O) groups is 1. The Bertz CT molecular complexity index is 489. The Labute approximate surface area is 125 Å². The van der Waals surface area contributed by atoms with Crippen molar-refractivity contribution < 1.29 is 9.18 Å². The smallest absolute Gasteiger partial charge is 0.231 e. The van der Waals surface area contributed by atoms with Gasteiger partial charge in [-0.25, -0.2) is 4.39 Å². The molecule has 6 heteroatoms. The van der Waals surface area contributed by atoms with Gasteiger partial charge in [0.25, 0.3) is 0 Å². The Kier molecular flexibility index (Phi) is 4.65. The van der Waals surface area contributed by atoms with Gasteiger partial charge in [-0.1, -0.05) is 11.6 Å². The van der Waals surface area contributed by atoms with E-state index in [1.807, 2.05) is 0 Å². The minimum absolute atomic E-state index is 0.130. The van der Waals surface area contributed by atoms with E-state index in [0.29, 0.717) is 10.2 Å². The Morgan fingerprint density at radius 3 is 2.32 bits per heavy atom. The minimum atomic E-state index is -0.815. The molecule has 106 valence electrons. The van der Waals surface area contributed by atoms with E-state index in [2.05, 4.69) is 21.2 Å². The molecule has 1 aromatic rings. The third-order valence-electron chi connectivity index (χ3n) is 3.42. The van der Waals surface area contributed by atoms with Crippen LogP contribution in [0.4, 0.5) is 10.1 Å². The average Bonchev–Trinajstić information content (AvgIpc) is 2.21. The summed E-state index contributed by atoms with van der Waals surface area (Å²) in [5.41, 5.74) is 4.81. The zero-order valence-electron chi connectivity index (χ0n) is 11.3. The van der Waals surface area contributed by atoms with Gasteiger partial charge in [0.1, 0.15) is 5.82 Å². The summed E-state index contributed by atoms with van der Waals surface area (Å²) in [7, 11) is 0. The van der Waals surface area contributed by atoms with Crippen molar-refractivity contribution in [3.05, 3.63) is 27.4 Å². The highest BCUT2D eigenvalue weighted by atomic mass is 79.9. The molecule has 0 radical (unpaired) electrons. The van der Waals surface area contributed by atoms with E-state index in [1.165, 1.54) is 6.07 Å². The minimum Gasteiger partial charge on any atom is -0.325 e. The molecule has 0 atom stereocenters.